The van der Waals surface area contributed by atoms with E-state index in [2.05, 4.69) is 23.2 Å². The molecule has 1 atom stereocenters. The van der Waals surface area contributed by atoms with E-state index in [4.69, 9.17) is 11.6 Å². The first kappa shape index (κ1) is 12.7. The van der Waals surface area contributed by atoms with Gasteiger partial charge in [-0.05, 0) is 72.9 Å². The molecule has 1 aliphatic carbocycles. The minimum absolute atomic E-state index is 0.697. The van der Waals surface area contributed by atoms with E-state index in [0.29, 0.717) is 5.92 Å². The van der Waals surface area contributed by atoms with Crippen LogP contribution in [0.1, 0.15) is 41.9 Å². The number of benzene rings is 1. The maximum absolute atomic E-state index is 5.92. The summed E-state index contributed by atoms with van der Waals surface area (Å²) in [7, 11) is 0. The molecule has 0 N–H and O–H groups in total. The third kappa shape index (κ3) is 2.98. The van der Waals surface area contributed by atoms with Crippen molar-refractivity contribution in [3.63, 3.8) is 0 Å². The van der Waals surface area contributed by atoms with Crippen LogP contribution >= 0.6 is 11.6 Å². The quantitative estimate of drug-likeness (QED) is 0.782. The van der Waals surface area contributed by atoms with Crippen LogP contribution in [0.4, 0.5) is 0 Å². The van der Waals surface area contributed by atoms with E-state index in [0.717, 1.165) is 11.4 Å². The van der Waals surface area contributed by atoms with Gasteiger partial charge in [-0.2, -0.15) is 0 Å². The van der Waals surface area contributed by atoms with E-state index >= 15 is 0 Å². The van der Waals surface area contributed by atoms with Gasteiger partial charge in [0.1, 0.15) is 0 Å². The van der Waals surface area contributed by atoms with Crippen LogP contribution in [0.2, 0.25) is 5.02 Å². The summed E-state index contributed by atoms with van der Waals surface area (Å²) in [4.78, 5) is 4.25. The molecule has 0 saturated heterocycles. The number of rotatable bonds is 3. The third-order valence-corrected chi connectivity index (χ3v) is 4.33. The summed E-state index contributed by atoms with van der Waals surface area (Å²) in [5.74, 6) is 0.697. The van der Waals surface area contributed by atoms with Gasteiger partial charge in [0.15, 0.2) is 0 Å². The van der Waals surface area contributed by atoms with Crippen molar-refractivity contribution >= 4 is 11.6 Å². The van der Waals surface area contributed by atoms with E-state index < -0.39 is 0 Å². The summed E-state index contributed by atoms with van der Waals surface area (Å²) in [5, 5.41) is 0.817. The molecule has 98 valence electrons. The van der Waals surface area contributed by atoms with Crippen LogP contribution in [0.5, 0.6) is 0 Å². The molecule has 0 saturated carbocycles. The van der Waals surface area contributed by atoms with Crippen molar-refractivity contribution in [2.75, 3.05) is 0 Å². The molecule has 1 aliphatic rings. The Bertz CT molecular complexity index is 547. The predicted octanol–water partition coefficient (Wildman–Crippen LogP) is 4.79. The molecule has 1 nitrogen and oxygen atoms in total. The minimum Gasteiger partial charge on any atom is -0.264 e. The standard InChI is InChI=1S/C17H18ClN/c18-16-8-5-13(6-9-16)4-7-14-2-1-3-15-12-19-11-10-17(14)15/h5-6,8-12,14H,1-4,7H2. The van der Waals surface area contributed by atoms with Gasteiger partial charge in [0.2, 0.25) is 0 Å². The maximum Gasteiger partial charge on any atom is 0.0406 e. The van der Waals surface area contributed by atoms with Crippen molar-refractivity contribution in [2.45, 2.75) is 38.0 Å². The number of pyridine rings is 1. The SMILES string of the molecule is Clc1ccc(CCC2CCCc3cnccc32)cc1. The van der Waals surface area contributed by atoms with E-state index in [-0.39, 0.29) is 0 Å². The average Bonchev–Trinajstić information content (AvgIpc) is 2.47. The van der Waals surface area contributed by atoms with Gasteiger partial charge >= 0.3 is 0 Å². The zero-order chi connectivity index (χ0) is 13.1. The van der Waals surface area contributed by atoms with Crippen LogP contribution in [-0.4, -0.2) is 4.98 Å². The van der Waals surface area contributed by atoms with Crippen LogP contribution in [0.25, 0.3) is 0 Å². The molecule has 0 bridgehead atoms. The summed E-state index contributed by atoms with van der Waals surface area (Å²) >= 11 is 5.92. The van der Waals surface area contributed by atoms with Crippen molar-refractivity contribution in [1.82, 2.24) is 4.98 Å². The molecular weight excluding hydrogens is 254 g/mol. The average molecular weight is 272 g/mol. The lowest BCUT2D eigenvalue weighted by Gasteiger charge is -2.25. The number of fused-ring (bicyclic) bond motifs is 1. The van der Waals surface area contributed by atoms with Crippen molar-refractivity contribution < 1.29 is 0 Å². The molecular formula is C17H18ClN. The maximum atomic E-state index is 5.92. The van der Waals surface area contributed by atoms with Gasteiger partial charge in [-0.25, -0.2) is 0 Å². The van der Waals surface area contributed by atoms with Gasteiger partial charge in [0, 0.05) is 17.4 Å². The Hall–Kier alpha value is -1.34. The minimum atomic E-state index is 0.697. The first-order chi connectivity index (χ1) is 9.33. The highest BCUT2D eigenvalue weighted by molar-refractivity contribution is 6.30. The second-order valence-electron chi connectivity index (χ2n) is 5.33. The van der Waals surface area contributed by atoms with Gasteiger partial charge in [-0.15, -0.1) is 0 Å². The lowest BCUT2D eigenvalue weighted by molar-refractivity contribution is 0.519. The normalized spacial score (nSPS) is 18.1. The Morgan fingerprint density at radius 1 is 1.16 bits per heavy atom. The Kier molecular flexibility index (Phi) is 3.84. The van der Waals surface area contributed by atoms with Crippen LogP contribution < -0.4 is 0 Å². The Balaban J connectivity index is 1.69. The highest BCUT2D eigenvalue weighted by atomic mass is 35.5. The topological polar surface area (TPSA) is 12.9 Å². The first-order valence-corrected chi connectivity index (χ1v) is 7.38. The van der Waals surface area contributed by atoms with E-state index in [1.807, 2.05) is 24.5 Å². The van der Waals surface area contributed by atoms with Gasteiger partial charge in [-0.1, -0.05) is 23.7 Å². The lowest BCUT2D eigenvalue weighted by Crippen LogP contribution is -2.11. The molecule has 0 amide bonds. The largest absolute Gasteiger partial charge is 0.264 e. The molecule has 0 fully saturated rings. The zero-order valence-electron chi connectivity index (χ0n) is 11.0. The number of halogens is 1. The smallest absolute Gasteiger partial charge is 0.0406 e. The van der Waals surface area contributed by atoms with Gasteiger partial charge in [-0.3, -0.25) is 4.98 Å². The number of aromatic nitrogens is 1. The molecule has 1 unspecified atom stereocenters. The molecule has 1 aromatic heterocycles. The number of nitrogens with zero attached hydrogens (tertiary/aromatic N) is 1. The predicted molar refractivity (Wildman–Crippen MR) is 79.7 cm³/mol. The summed E-state index contributed by atoms with van der Waals surface area (Å²) in [6.07, 6.45) is 10.1. The van der Waals surface area contributed by atoms with Crippen LogP contribution in [0, 0.1) is 0 Å². The lowest BCUT2D eigenvalue weighted by atomic mass is 9.81. The fourth-order valence-electron chi connectivity index (χ4n) is 3.03. The molecule has 3 rings (SSSR count). The van der Waals surface area contributed by atoms with Gasteiger partial charge in [0.25, 0.3) is 0 Å². The molecule has 1 heterocycles. The van der Waals surface area contributed by atoms with Crippen molar-refractivity contribution in [1.29, 1.82) is 0 Å². The van der Waals surface area contributed by atoms with Crippen molar-refractivity contribution in [3.8, 4) is 0 Å². The molecule has 19 heavy (non-hydrogen) atoms. The Morgan fingerprint density at radius 2 is 2.00 bits per heavy atom. The molecule has 2 aromatic rings. The Labute approximate surface area is 119 Å². The Morgan fingerprint density at radius 3 is 2.84 bits per heavy atom. The summed E-state index contributed by atoms with van der Waals surface area (Å²) in [6, 6.07) is 10.4. The van der Waals surface area contributed by atoms with Crippen LogP contribution in [0.15, 0.2) is 42.7 Å². The zero-order valence-corrected chi connectivity index (χ0v) is 11.7. The molecule has 1 aromatic carbocycles. The molecule has 0 aliphatic heterocycles. The number of aryl methyl sites for hydroxylation is 2. The van der Waals surface area contributed by atoms with Crippen LogP contribution in [0.3, 0.4) is 0 Å². The fraction of sp³-hybridized carbons (Fsp3) is 0.353. The molecule has 0 radical (unpaired) electrons. The third-order valence-electron chi connectivity index (χ3n) is 4.07. The van der Waals surface area contributed by atoms with Crippen molar-refractivity contribution in [2.24, 2.45) is 0 Å². The second kappa shape index (κ2) is 5.75. The number of hydrogen-bond donors (Lipinski definition) is 0. The van der Waals surface area contributed by atoms with Gasteiger partial charge < -0.3 is 0 Å². The summed E-state index contributed by atoms with van der Waals surface area (Å²) in [5.41, 5.74) is 4.36. The highest BCUT2D eigenvalue weighted by Gasteiger charge is 2.19. The van der Waals surface area contributed by atoms with Gasteiger partial charge in [0.05, 0.1) is 0 Å². The van der Waals surface area contributed by atoms with E-state index in [9.17, 15) is 0 Å². The highest BCUT2D eigenvalue weighted by Crippen LogP contribution is 2.34. The summed E-state index contributed by atoms with van der Waals surface area (Å²) < 4.78 is 0. The van der Waals surface area contributed by atoms with Crippen molar-refractivity contribution in [3.05, 3.63) is 64.4 Å². The monoisotopic (exact) mass is 271 g/mol. The molecule has 0 spiro atoms. The second-order valence-corrected chi connectivity index (χ2v) is 5.77. The fourth-order valence-corrected chi connectivity index (χ4v) is 3.16. The summed E-state index contributed by atoms with van der Waals surface area (Å²) in [6.45, 7) is 0. The van der Waals surface area contributed by atoms with E-state index in [1.165, 1.54) is 42.4 Å². The number of hydrogen-bond acceptors (Lipinski definition) is 1. The molecule has 2 heteroatoms. The van der Waals surface area contributed by atoms with Crippen LogP contribution in [-0.2, 0) is 12.8 Å². The van der Waals surface area contributed by atoms with E-state index in [1.54, 1.807) is 0 Å². The first-order valence-electron chi connectivity index (χ1n) is 7.00.